The highest BCUT2D eigenvalue weighted by atomic mass is 16.5. The summed E-state index contributed by atoms with van der Waals surface area (Å²) >= 11 is 0. The normalized spacial score (nSPS) is 29.8. The van der Waals surface area contributed by atoms with Crippen LogP contribution in [0.2, 0.25) is 0 Å². The predicted octanol–water partition coefficient (Wildman–Crippen LogP) is 12.5. The van der Waals surface area contributed by atoms with Crippen LogP contribution in [0.1, 0.15) is 206 Å². The van der Waals surface area contributed by atoms with Crippen molar-refractivity contribution >= 4 is 11.9 Å². The zero-order valence-corrected chi connectivity index (χ0v) is 31.5. The number of carbonyl (C=O) groups is 2. The Morgan fingerprint density at radius 3 is 2.00 bits per heavy atom. The molecule has 0 aromatic carbocycles. The van der Waals surface area contributed by atoms with Gasteiger partial charge in [-0.15, -0.1) is 0 Å². The first-order valence-electron chi connectivity index (χ1n) is 21.5. The van der Waals surface area contributed by atoms with E-state index in [4.69, 9.17) is 9.47 Å². The minimum atomic E-state index is -0.224. The van der Waals surface area contributed by atoms with Gasteiger partial charge in [-0.3, -0.25) is 9.59 Å². The van der Waals surface area contributed by atoms with Crippen molar-refractivity contribution < 1.29 is 19.1 Å². The molecule has 0 aliphatic heterocycles. The zero-order chi connectivity index (χ0) is 33.6. The zero-order valence-electron chi connectivity index (χ0n) is 31.5. The van der Waals surface area contributed by atoms with Gasteiger partial charge in [0.15, 0.2) is 0 Å². The van der Waals surface area contributed by atoms with E-state index in [2.05, 4.69) is 13.8 Å². The summed E-state index contributed by atoms with van der Waals surface area (Å²) in [6, 6.07) is 0. The fraction of sp³-hybridized carbons (Fsp3) is 0.909. The van der Waals surface area contributed by atoms with Crippen LogP contribution in [0.5, 0.6) is 0 Å². The number of hydrogen-bond acceptors (Lipinski definition) is 4. The monoisotopic (exact) mass is 667 g/mol. The van der Waals surface area contributed by atoms with Gasteiger partial charge in [-0.1, -0.05) is 78.1 Å². The van der Waals surface area contributed by atoms with Crippen molar-refractivity contribution in [3.05, 3.63) is 11.8 Å². The van der Waals surface area contributed by atoms with E-state index in [1.165, 1.54) is 122 Å². The van der Waals surface area contributed by atoms with Crippen LogP contribution < -0.4 is 0 Å². The Bertz CT molecular complexity index is 906. The van der Waals surface area contributed by atoms with E-state index in [1.54, 1.807) is 5.92 Å². The second kappa shape index (κ2) is 20.1. The minimum absolute atomic E-state index is 0.00288. The van der Waals surface area contributed by atoms with Gasteiger partial charge >= 0.3 is 11.9 Å². The fourth-order valence-corrected chi connectivity index (χ4v) is 10.8. The predicted molar refractivity (Wildman–Crippen MR) is 197 cm³/mol. The average Bonchev–Trinajstić information content (AvgIpc) is 3.12. The molecule has 4 heteroatoms. The Hall–Kier alpha value is -1.06. The Morgan fingerprint density at radius 2 is 1.33 bits per heavy atom. The maximum Gasteiger partial charge on any atom is 0.308 e. The van der Waals surface area contributed by atoms with Gasteiger partial charge in [-0.2, -0.15) is 0 Å². The van der Waals surface area contributed by atoms with Gasteiger partial charge in [0, 0.05) is 5.41 Å². The molecule has 0 atom stereocenters. The van der Waals surface area contributed by atoms with Crippen molar-refractivity contribution in [2.24, 2.45) is 35.0 Å². The van der Waals surface area contributed by atoms with Crippen LogP contribution in [-0.4, -0.2) is 24.6 Å². The number of carbonyl (C=O) groups excluding carboxylic acids is 2. The first-order chi connectivity index (χ1) is 23.5. The molecule has 4 nitrogen and oxygen atoms in total. The highest BCUT2D eigenvalue weighted by molar-refractivity contribution is 5.73. The van der Waals surface area contributed by atoms with Crippen LogP contribution in [-0.2, 0) is 19.1 Å². The third-order valence-electron chi connectivity index (χ3n) is 14.1. The van der Waals surface area contributed by atoms with Crippen molar-refractivity contribution in [3.8, 4) is 0 Å². The number of esters is 2. The summed E-state index contributed by atoms with van der Waals surface area (Å²) in [4.78, 5) is 26.7. The highest BCUT2D eigenvalue weighted by Crippen LogP contribution is 2.46. The third kappa shape index (κ3) is 11.7. The summed E-state index contributed by atoms with van der Waals surface area (Å²) in [5.41, 5.74) is -0.224. The molecular weight excluding hydrogens is 592 g/mol. The molecule has 5 saturated carbocycles. The molecule has 5 rings (SSSR count). The highest BCUT2D eigenvalue weighted by Gasteiger charge is 2.40. The van der Waals surface area contributed by atoms with Crippen LogP contribution in [0.4, 0.5) is 0 Å². The fourth-order valence-electron chi connectivity index (χ4n) is 10.8. The van der Waals surface area contributed by atoms with E-state index in [0.29, 0.717) is 13.0 Å². The first-order valence-corrected chi connectivity index (χ1v) is 21.5. The Kier molecular flexibility index (Phi) is 16.0. The van der Waals surface area contributed by atoms with Gasteiger partial charge in [0.1, 0.15) is 6.10 Å². The smallest absolute Gasteiger partial charge is 0.308 e. The molecule has 0 N–H and O–H groups in total. The molecule has 5 fully saturated rings. The van der Waals surface area contributed by atoms with Crippen LogP contribution in [0.3, 0.4) is 0 Å². The summed E-state index contributed by atoms with van der Waals surface area (Å²) in [5, 5.41) is 0. The lowest BCUT2D eigenvalue weighted by Gasteiger charge is -2.39. The molecular formula is C44H74O4. The van der Waals surface area contributed by atoms with E-state index in [0.717, 1.165) is 87.9 Å². The molecule has 0 aromatic heterocycles. The molecule has 48 heavy (non-hydrogen) atoms. The lowest BCUT2D eigenvalue weighted by molar-refractivity contribution is -0.162. The quantitative estimate of drug-likeness (QED) is 0.121. The maximum absolute atomic E-state index is 13.4. The van der Waals surface area contributed by atoms with Crippen molar-refractivity contribution in [1.82, 2.24) is 0 Å². The Morgan fingerprint density at radius 1 is 0.688 bits per heavy atom. The molecule has 5 aliphatic rings. The summed E-state index contributed by atoms with van der Waals surface area (Å²) in [6.45, 7) is 5.00. The van der Waals surface area contributed by atoms with Crippen LogP contribution in [0.15, 0.2) is 0 Å². The summed E-state index contributed by atoms with van der Waals surface area (Å²) < 4.78 is 12.3. The Balaban J connectivity index is 0.984. The van der Waals surface area contributed by atoms with Gasteiger partial charge in [-0.25, -0.2) is 0 Å². The second-order valence-electron chi connectivity index (χ2n) is 17.6. The number of unbranched alkanes of at least 4 members (excludes halogenated alkanes) is 4. The molecule has 2 radical (unpaired) electrons. The molecule has 0 bridgehead atoms. The van der Waals surface area contributed by atoms with E-state index < -0.39 is 0 Å². The Labute approximate surface area is 296 Å². The molecule has 0 aromatic rings. The van der Waals surface area contributed by atoms with Crippen LogP contribution in [0.25, 0.3) is 0 Å². The van der Waals surface area contributed by atoms with E-state index in [1.807, 2.05) is 5.92 Å². The molecule has 0 heterocycles. The largest absolute Gasteiger partial charge is 0.465 e. The first kappa shape index (κ1) is 38.2. The van der Waals surface area contributed by atoms with Gasteiger partial charge in [-0.05, 0) is 158 Å². The third-order valence-corrected chi connectivity index (χ3v) is 14.1. The average molecular weight is 667 g/mol. The summed E-state index contributed by atoms with van der Waals surface area (Å²) in [5.74, 6) is 7.03. The topological polar surface area (TPSA) is 52.6 Å². The summed E-state index contributed by atoms with van der Waals surface area (Å²) in [7, 11) is 0. The minimum Gasteiger partial charge on any atom is -0.465 e. The van der Waals surface area contributed by atoms with Crippen molar-refractivity contribution in [3.63, 3.8) is 0 Å². The molecule has 0 unspecified atom stereocenters. The van der Waals surface area contributed by atoms with Crippen molar-refractivity contribution in [1.29, 1.82) is 0 Å². The molecule has 5 aliphatic carbocycles. The molecule has 0 saturated heterocycles. The molecule has 274 valence electrons. The van der Waals surface area contributed by atoms with Gasteiger partial charge < -0.3 is 9.47 Å². The van der Waals surface area contributed by atoms with E-state index >= 15 is 0 Å². The van der Waals surface area contributed by atoms with Gasteiger partial charge in [0.05, 0.1) is 18.9 Å². The van der Waals surface area contributed by atoms with Crippen molar-refractivity contribution in [2.75, 3.05) is 6.61 Å². The number of ether oxygens (including phenoxy) is 2. The lowest BCUT2D eigenvalue weighted by Crippen LogP contribution is -2.37. The van der Waals surface area contributed by atoms with E-state index in [9.17, 15) is 9.59 Å². The number of rotatable bonds is 16. The van der Waals surface area contributed by atoms with Crippen molar-refractivity contribution in [2.45, 2.75) is 213 Å². The van der Waals surface area contributed by atoms with Gasteiger partial charge in [0.2, 0.25) is 0 Å². The van der Waals surface area contributed by atoms with E-state index in [-0.39, 0.29) is 29.4 Å². The van der Waals surface area contributed by atoms with Crippen LogP contribution in [0, 0.1) is 46.8 Å². The lowest BCUT2D eigenvalue weighted by atomic mass is 9.68. The maximum atomic E-state index is 13.4. The number of hydrogen-bond donors (Lipinski definition) is 0. The summed E-state index contributed by atoms with van der Waals surface area (Å²) in [6.07, 6.45) is 36.6. The van der Waals surface area contributed by atoms with Gasteiger partial charge in [0.25, 0.3) is 0 Å². The van der Waals surface area contributed by atoms with Crippen LogP contribution >= 0.6 is 0 Å². The molecule has 0 amide bonds. The second-order valence-corrected chi connectivity index (χ2v) is 17.6. The standard InChI is InChI=1S/C44H74O4/c1-3-5-8-12-34-14-18-36(19-15-34)38-22-24-40(25-23-38)43(46)47-33-44(30-10-7-11-31-44)32-42(45)48-41-28-26-39(27-29-41)37-20-16-35(17-21-37)13-9-6-4-2/h34,37-41H,3-33H2,1-2H3. The molecule has 0 spiro atoms. The SMILES string of the molecule is CCCCC[C]1CCC(C2CCC(OC(=O)CC3(COC(=O)C4CCC([C]5CCC(CCCCC)CC5)CC4)CCCCC3)CC2)CC1.